The second-order valence-electron chi connectivity index (χ2n) is 2.84. The Morgan fingerprint density at radius 3 is 2.62 bits per heavy atom. The van der Waals surface area contributed by atoms with E-state index in [0.717, 1.165) is 0 Å². The number of nitrogens with one attached hydrogen (secondary N) is 1. The summed E-state index contributed by atoms with van der Waals surface area (Å²) in [5.74, 6) is -0.562. The Labute approximate surface area is 75.2 Å². The van der Waals surface area contributed by atoms with E-state index in [9.17, 15) is 8.78 Å². The van der Waals surface area contributed by atoms with E-state index in [4.69, 9.17) is 5.21 Å². The van der Waals surface area contributed by atoms with E-state index >= 15 is 0 Å². The zero-order valence-corrected chi connectivity index (χ0v) is 7.27. The van der Waals surface area contributed by atoms with E-state index in [2.05, 4.69) is 0 Å². The van der Waals surface area contributed by atoms with Crippen LogP contribution in [0.3, 0.4) is 0 Å². The van der Waals surface area contributed by atoms with E-state index in [1.807, 2.05) is 5.48 Å². The van der Waals surface area contributed by atoms with Crippen LogP contribution in [0.25, 0.3) is 0 Å². The monoisotopic (exact) mass is 187 g/mol. The quantitative estimate of drug-likeness (QED) is 0.710. The first-order chi connectivity index (χ1) is 6.19. The lowest BCUT2D eigenvalue weighted by molar-refractivity contribution is 0.161. The molecular formula is C9H11F2NO. The van der Waals surface area contributed by atoms with Crippen LogP contribution in [0, 0.1) is 12.7 Å². The molecule has 13 heavy (non-hydrogen) atoms. The summed E-state index contributed by atoms with van der Waals surface area (Å²) in [6, 6.07) is 2.85. The number of aryl methyl sites for hydroxylation is 1. The number of hydroxylamine groups is 1. The average molecular weight is 187 g/mol. The second kappa shape index (κ2) is 4.30. The molecule has 0 saturated carbocycles. The first-order valence-electron chi connectivity index (χ1n) is 3.90. The Bertz CT molecular complexity index is 279. The molecule has 2 N–H and O–H groups in total. The van der Waals surface area contributed by atoms with Crippen molar-refractivity contribution in [1.29, 1.82) is 0 Å². The van der Waals surface area contributed by atoms with Gasteiger partial charge in [0.15, 0.2) is 0 Å². The van der Waals surface area contributed by atoms with Crippen molar-refractivity contribution in [2.45, 2.75) is 20.1 Å². The molecule has 1 rings (SSSR count). The minimum atomic E-state index is -0.801. The number of hydrogen-bond acceptors (Lipinski definition) is 2. The van der Waals surface area contributed by atoms with Crippen LogP contribution in [-0.2, 0) is 13.2 Å². The molecule has 0 saturated heterocycles. The van der Waals surface area contributed by atoms with Crippen LogP contribution >= 0.6 is 0 Å². The molecule has 0 aliphatic carbocycles. The summed E-state index contributed by atoms with van der Waals surface area (Å²) in [6.45, 7) is 0.994. The van der Waals surface area contributed by atoms with Gasteiger partial charge >= 0.3 is 0 Å². The lowest BCUT2D eigenvalue weighted by Gasteiger charge is -2.06. The van der Waals surface area contributed by atoms with Crippen LogP contribution in [-0.4, -0.2) is 5.21 Å². The lowest BCUT2D eigenvalue weighted by Crippen LogP contribution is -2.07. The third-order valence-corrected chi connectivity index (χ3v) is 1.90. The van der Waals surface area contributed by atoms with Crippen LogP contribution in [0.1, 0.15) is 16.7 Å². The lowest BCUT2D eigenvalue weighted by atomic mass is 10.1. The zero-order chi connectivity index (χ0) is 9.84. The highest BCUT2D eigenvalue weighted by atomic mass is 19.1. The van der Waals surface area contributed by atoms with Gasteiger partial charge in [-0.05, 0) is 24.1 Å². The minimum Gasteiger partial charge on any atom is -0.316 e. The number of rotatable bonds is 3. The van der Waals surface area contributed by atoms with Gasteiger partial charge in [-0.15, -0.1) is 0 Å². The van der Waals surface area contributed by atoms with Gasteiger partial charge in [0, 0.05) is 12.1 Å². The molecule has 0 aromatic heterocycles. The molecule has 0 atom stereocenters. The first kappa shape index (κ1) is 10.1. The molecule has 0 bridgehead atoms. The Morgan fingerprint density at radius 2 is 2.15 bits per heavy atom. The third-order valence-electron chi connectivity index (χ3n) is 1.90. The van der Waals surface area contributed by atoms with Crippen molar-refractivity contribution in [1.82, 2.24) is 5.48 Å². The maximum absolute atomic E-state index is 13.1. The van der Waals surface area contributed by atoms with Crippen LogP contribution in [0.15, 0.2) is 12.1 Å². The van der Waals surface area contributed by atoms with Crippen molar-refractivity contribution in [3.63, 3.8) is 0 Å². The van der Waals surface area contributed by atoms with Crippen LogP contribution in [0.5, 0.6) is 0 Å². The van der Waals surface area contributed by atoms with Gasteiger partial charge in [-0.25, -0.2) is 14.3 Å². The van der Waals surface area contributed by atoms with Gasteiger partial charge in [-0.3, -0.25) is 0 Å². The highest BCUT2D eigenvalue weighted by Crippen LogP contribution is 2.16. The third kappa shape index (κ3) is 2.23. The number of alkyl halides is 1. The smallest absolute Gasteiger partial charge is 0.129 e. The normalized spacial score (nSPS) is 10.5. The molecule has 0 spiro atoms. The Balaban J connectivity index is 3.05. The summed E-state index contributed by atoms with van der Waals surface area (Å²) < 4.78 is 25.3. The van der Waals surface area contributed by atoms with Crippen LogP contribution in [0.4, 0.5) is 8.78 Å². The summed E-state index contributed by atoms with van der Waals surface area (Å²) in [7, 11) is 0. The van der Waals surface area contributed by atoms with Gasteiger partial charge in [0.2, 0.25) is 0 Å². The SMILES string of the molecule is Cc1cc(CNO)cc(F)c1CF. The van der Waals surface area contributed by atoms with Crippen molar-refractivity contribution in [2.75, 3.05) is 0 Å². The van der Waals surface area contributed by atoms with E-state index in [0.29, 0.717) is 11.1 Å². The Hall–Kier alpha value is -1.00. The highest BCUT2D eigenvalue weighted by molar-refractivity contribution is 5.32. The van der Waals surface area contributed by atoms with Crippen LogP contribution in [0.2, 0.25) is 0 Å². The summed E-state index contributed by atoms with van der Waals surface area (Å²) in [6.07, 6.45) is 0. The molecule has 0 radical (unpaired) electrons. The molecular weight excluding hydrogens is 176 g/mol. The van der Waals surface area contributed by atoms with Gasteiger partial charge in [0.1, 0.15) is 12.5 Å². The first-order valence-corrected chi connectivity index (χ1v) is 3.90. The maximum atomic E-state index is 13.1. The molecule has 0 aliphatic heterocycles. The fourth-order valence-electron chi connectivity index (χ4n) is 1.21. The van der Waals surface area contributed by atoms with E-state index in [1.165, 1.54) is 6.07 Å². The van der Waals surface area contributed by atoms with Crippen molar-refractivity contribution >= 4 is 0 Å². The Morgan fingerprint density at radius 1 is 1.46 bits per heavy atom. The predicted octanol–water partition coefficient (Wildman–Crippen LogP) is 2.08. The maximum Gasteiger partial charge on any atom is 0.129 e. The van der Waals surface area contributed by atoms with Crippen LogP contribution < -0.4 is 5.48 Å². The largest absolute Gasteiger partial charge is 0.316 e. The predicted molar refractivity (Wildman–Crippen MR) is 44.6 cm³/mol. The Kier molecular flexibility index (Phi) is 3.33. The molecule has 1 aromatic carbocycles. The van der Waals surface area contributed by atoms with Crippen molar-refractivity contribution in [2.24, 2.45) is 0 Å². The summed E-state index contributed by atoms with van der Waals surface area (Å²) in [5, 5.41) is 8.38. The van der Waals surface area contributed by atoms with Gasteiger partial charge < -0.3 is 5.21 Å². The summed E-state index contributed by atoms with van der Waals surface area (Å²) >= 11 is 0. The van der Waals surface area contributed by atoms with Gasteiger partial charge in [-0.2, -0.15) is 0 Å². The average Bonchev–Trinajstić information content (AvgIpc) is 2.04. The molecule has 1 aromatic rings. The van der Waals surface area contributed by atoms with Gasteiger partial charge in [-0.1, -0.05) is 6.07 Å². The highest BCUT2D eigenvalue weighted by Gasteiger charge is 2.07. The van der Waals surface area contributed by atoms with E-state index in [-0.39, 0.29) is 12.1 Å². The molecule has 72 valence electrons. The second-order valence-corrected chi connectivity index (χ2v) is 2.84. The van der Waals surface area contributed by atoms with E-state index < -0.39 is 12.5 Å². The van der Waals surface area contributed by atoms with Crippen molar-refractivity contribution < 1.29 is 14.0 Å². The molecule has 0 unspecified atom stereocenters. The standard InChI is InChI=1S/C9H11F2NO/c1-6-2-7(5-12-13)3-9(11)8(6)4-10/h2-3,12-13H,4-5H2,1H3. The summed E-state index contributed by atoms with van der Waals surface area (Å²) in [5.41, 5.74) is 3.16. The van der Waals surface area contributed by atoms with E-state index in [1.54, 1.807) is 13.0 Å². The summed E-state index contributed by atoms with van der Waals surface area (Å²) in [4.78, 5) is 0. The fraction of sp³-hybridized carbons (Fsp3) is 0.333. The molecule has 0 amide bonds. The number of hydrogen-bond donors (Lipinski definition) is 2. The molecule has 0 heterocycles. The van der Waals surface area contributed by atoms with Gasteiger partial charge in [0.05, 0.1) is 0 Å². The van der Waals surface area contributed by atoms with Crippen molar-refractivity contribution in [3.05, 3.63) is 34.6 Å². The zero-order valence-electron chi connectivity index (χ0n) is 7.27. The van der Waals surface area contributed by atoms with Crippen molar-refractivity contribution in [3.8, 4) is 0 Å². The number of benzene rings is 1. The topological polar surface area (TPSA) is 32.3 Å². The molecule has 2 nitrogen and oxygen atoms in total. The minimum absolute atomic E-state index is 0.0849. The van der Waals surface area contributed by atoms with Gasteiger partial charge in [0.25, 0.3) is 0 Å². The molecule has 0 aliphatic rings. The molecule has 0 fully saturated rings. The fourth-order valence-corrected chi connectivity index (χ4v) is 1.21. The number of halogens is 2. The molecule has 4 heteroatoms.